The summed E-state index contributed by atoms with van der Waals surface area (Å²) in [6.45, 7) is 4.36. The zero-order valence-corrected chi connectivity index (χ0v) is 12.2. The Balaban J connectivity index is 1.92. The van der Waals surface area contributed by atoms with Crippen molar-refractivity contribution in [3.05, 3.63) is 23.8 Å². The quantitative estimate of drug-likeness (QED) is 0.816. The third-order valence-electron chi connectivity index (χ3n) is 3.69. The number of carbonyl (C=O) groups is 1. The van der Waals surface area contributed by atoms with Gasteiger partial charge in [-0.3, -0.25) is 9.69 Å². The van der Waals surface area contributed by atoms with E-state index in [1.165, 1.54) is 0 Å². The van der Waals surface area contributed by atoms with Gasteiger partial charge in [0.05, 0.1) is 7.11 Å². The molecule has 0 aromatic heterocycles. The molecule has 0 bridgehead atoms. The van der Waals surface area contributed by atoms with Crippen molar-refractivity contribution in [1.82, 2.24) is 10.2 Å². The second-order valence-electron chi connectivity index (χ2n) is 5.32. The Bertz CT molecular complexity index is 468. The van der Waals surface area contributed by atoms with Crippen LogP contribution < -0.4 is 15.8 Å². The average Bonchev–Trinajstić information content (AvgIpc) is 2.41. The molecule has 1 heterocycles. The highest BCUT2D eigenvalue weighted by atomic mass is 16.5. The van der Waals surface area contributed by atoms with Gasteiger partial charge >= 0.3 is 0 Å². The molecule has 1 aromatic rings. The molecule has 1 amide bonds. The second kappa shape index (κ2) is 6.61. The summed E-state index contributed by atoms with van der Waals surface area (Å²) in [5, 5.41) is 2.99. The van der Waals surface area contributed by atoms with Crippen LogP contribution in [0.3, 0.4) is 0 Å². The van der Waals surface area contributed by atoms with Crippen molar-refractivity contribution in [3.63, 3.8) is 0 Å². The summed E-state index contributed by atoms with van der Waals surface area (Å²) in [5.41, 5.74) is 7.72. The number of nitrogens with one attached hydrogen (secondary N) is 1. The van der Waals surface area contributed by atoms with E-state index < -0.39 is 0 Å². The Morgan fingerprint density at radius 1 is 1.45 bits per heavy atom. The summed E-state index contributed by atoms with van der Waals surface area (Å²) in [4.78, 5) is 13.4. The summed E-state index contributed by atoms with van der Waals surface area (Å²) >= 11 is 0. The van der Waals surface area contributed by atoms with Gasteiger partial charge in [0.2, 0.25) is 5.91 Å². The second-order valence-corrected chi connectivity index (χ2v) is 5.32. The summed E-state index contributed by atoms with van der Waals surface area (Å²) in [6, 6.07) is 6.05. The molecular formula is C15H23N3O2. The van der Waals surface area contributed by atoms with Crippen molar-refractivity contribution in [2.45, 2.75) is 32.4 Å². The fraction of sp³-hybridized carbons (Fsp3) is 0.533. The maximum absolute atomic E-state index is 11.1. The van der Waals surface area contributed by atoms with Crippen molar-refractivity contribution in [2.75, 3.05) is 25.9 Å². The number of rotatable bonds is 4. The van der Waals surface area contributed by atoms with Gasteiger partial charge in [-0.25, -0.2) is 0 Å². The minimum absolute atomic E-state index is 0.0564. The molecule has 0 spiro atoms. The molecule has 110 valence electrons. The van der Waals surface area contributed by atoms with Crippen molar-refractivity contribution >= 4 is 11.6 Å². The zero-order chi connectivity index (χ0) is 14.5. The Kier molecular flexibility index (Phi) is 4.84. The third kappa shape index (κ3) is 3.87. The lowest BCUT2D eigenvalue weighted by molar-refractivity contribution is -0.119. The van der Waals surface area contributed by atoms with Gasteiger partial charge in [-0.05, 0) is 31.0 Å². The highest BCUT2D eigenvalue weighted by Crippen LogP contribution is 2.24. The molecule has 1 aliphatic heterocycles. The Labute approximate surface area is 120 Å². The van der Waals surface area contributed by atoms with Crippen LogP contribution in [0.15, 0.2) is 18.2 Å². The van der Waals surface area contributed by atoms with E-state index in [9.17, 15) is 4.79 Å². The SMILES string of the molecule is COc1ccc(N)cc1CN1CCC(NC(C)=O)CC1. The molecular weight excluding hydrogens is 254 g/mol. The number of nitrogen functional groups attached to an aromatic ring is 1. The first-order chi connectivity index (χ1) is 9.58. The van der Waals surface area contributed by atoms with Crippen LogP contribution in [-0.4, -0.2) is 37.0 Å². The van der Waals surface area contributed by atoms with Crippen LogP contribution in [0.25, 0.3) is 0 Å². The van der Waals surface area contributed by atoms with Crippen LogP contribution in [0.1, 0.15) is 25.3 Å². The van der Waals surface area contributed by atoms with Gasteiger partial charge in [0.1, 0.15) is 5.75 Å². The minimum Gasteiger partial charge on any atom is -0.496 e. The van der Waals surface area contributed by atoms with Gasteiger partial charge in [-0.2, -0.15) is 0 Å². The van der Waals surface area contributed by atoms with E-state index in [2.05, 4.69) is 10.2 Å². The van der Waals surface area contributed by atoms with Crippen molar-refractivity contribution in [1.29, 1.82) is 0 Å². The topological polar surface area (TPSA) is 67.6 Å². The normalized spacial score (nSPS) is 16.9. The fourth-order valence-corrected chi connectivity index (χ4v) is 2.69. The predicted octanol–water partition coefficient (Wildman–Crippen LogP) is 1.38. The summed E-state index contributed by atoms with van der Waals surface area (Å²) in [7, 11) is 1.68. The van der Waals surface area contributed by atoms with Crippen LogP contribution in [0.4, 0.5) is 5.69 Å². The predicted molar refractivity (Wildman–Crippen MR) is 79.5 cm³/mol. The Hall–Kier alpha value is -1.75. The highest BCUT2D eigenvalue weighted by Gasteiger charge is 2.20. The number of hydrogen-bond acceptors (Lipinski definition) is 4. The van der Waals surface area contributed by atoms with Gasteiger partial charge in [0, 0.05) is 43.9 Å². The van der Waals surface area contributed by atoms with Gasteiger partial charge in [-0.15, -0.1) is 0 Å². The smallest absolute Gasteiger partial charge is 0.217 e. The van der Waals surface area contributed by atoms with Gasteiger partial charge in [0.25, 0.3) is 0 Å². The third-order valence-corrected chi connectivity index (χ3v) is 3.69. The average molecular weight is 277 g/mol. The maximum atomic E-state index is 11.1. The number of likely N-dealkylation sites (tertiary alicyclic amines) is 1. The molecule has 1 aliphatic rings. The molecule has 0 saturated carbocycles. The highest BCUT2D eigenvalue weighted by molar-refractivity contribution is 5.73. The molecule has 5 heteroatoms. The number of amides is 1. The lowest BCUT2D eigenvalue weighted by atomic mass is 10.0. The molecule has 2 rings (SSSR count). The number of anilines is 1. The molecule has 1 aromatic carbocycles. The van der Waals surface area contributed by atoms with Gasteiger partial charge in [0.15, 0.2) is 0 Å². The number of carbonyl (C=O) groups excluding carboxylic acids is 1. The molecule has 0 unspecified atom stereocenters. The molecule has 0 radical (unpaired) electrons. The molecule has 20 heavy (non-hydrogen) atoms. The van der Waals surface area contributed by atoms with E-state index in [1.54, 1.807) is 14.0 Å². The van der Waals surface area contributed by atoms with Crippen molar-refractivity contribution in [3.8, 4) is 5.75 Å². The van der Waals surface area contributed by atoms with Crippen LogP contribution in [-0.2, 0) is 11.3 Å². The van der Waals surface area contributed by atoms with Crippen LogP contribution >= 0.6 is 0 Å². The standard InChI is InChI=1S/C15H23N3O2/c1-11(19)17-14-5-7-18(8-6-14)10-12-9-13(16)3-4-15(12)20-2/h3-4,9,14H,5-8,10,16H2,1-2H3,(H,17,19). The number of piperidine rings is 1. The number of hydrogen-bond donors (Lipinski definition) is 2. The van der Waals surface area contributed by atoms with Gasteiger partial charge in [-0.1, -0.05) is 0 Å². The summed E-state index contributed by atoms with van der Waals surface area (Å²) in [6.07, 6.45) is 1.98. The molecule has 1 saturated heterocycles. The van der Waals surface area contributed by atoms with Gasteiger partial charge < -0.3 is 15.8 Å². The lowest BCUT2D eigenvalue weighted by Gasteiger charge is -2.32. The lowest BCUT2D eigenvalue weighted by Crippen LogP contribution is -2.43. The Morgan fingerprint density at radius 3 is 2.75 bits per heavy atom. The van der Waals surface area contributed by atoms with E-state index in [0.717, 1.165) is 49.5 Å². The number of methoxy groups -OCH3 is 1. The van der Waals surface area contributed by atoms with Crippen LogP contribution in [0, 0.1) is 0 Å². The fourth-order valence-electron chi connectivity index (χ4n) is 2.69. The monoisotopic (exact) mass is 277 g/mol. The first-order valence-electron chi connectivity index (χ1n) is 7.00. The van der Waals surface area contributed by atoms with Crippen LogP contribution in [0.2, 0.25) is 0 Å². The van der Waals surface area contributed by atoms with Crippen LogP contribution in [0.5, 0.6) is 5.75 Å². The Morgan fingerprint density at radius 2 is 2.15 bits per heavy atom. The first kappa shape index (κ1) is 14.7. The van der Waals surface area contributed by atoms with E-state index in [1.807, 2.05) is 18.2 Å². The zero-order valence-electron chi connectivity index (χ0n) is 12.2. The number of ether oxygens (including phenoxy) is 1. The molecule has 3 N–H and O–H groups in total. The number of nitrogens with zero attached hydrogens (tertiary/aromatic N) is 1. The number of benzene rings is 1. The largest absolute Gasteiger partial charge is 0.496 e. The van der Waals surface area contributed by atoms with E-state index in [0.29, 0.717) is 6.04 Å². The van der Waals surface area contributed by atoms with E-state index >= 15 is 0 Å². The minimum atomic E-state index is 0.0564. The van der Waals surface area contributed by atoms with Crippen molar-refractivity contribution < 1.29 is 9.53 Å². The molecule has 0 atom stereocenters. The van der Waals surface area contributed by atoms with E-state index in [-0.39, 0.29) is 5.91 Å². The van der Waals surface area contributed by atoms with Crippen molar-refractivity contribution in [2.24, 2.45) is 0 Å². The first-order valence-corrected chi connectivity index (χ1v) is 7.00. The van der Waals surface area contributed by atoms with E-state index in [4.69, 9.17) is 10.5 Å². The maximum Gasteiger partial charge on any atom is 0.217 e. The summed E-state index contributed by atoms with van der Waals surface area (Å²) < 4.78 is 5.38. The molecule has 1 fully saturated rings. The molecule has 5 nitrogen and oxygen atoms in total. The molecule has 0 aliphatic carbocycles. The number of nitrogens with two attached hydrogens (primary N) is 1. The summed E-state index contributed by atoms with van der Waals surface area (Å²) in [5.74, 6) is 0.934.